The molecule has 0 unspecified atom stereocenters. The van der Waals surface area contributed by atoms with Crippen LogP contribution in [0.2, 0.25) is 0 Å². The van der Waals surface area contributed by atoms with Crippen LogP contribution in [0.15, 0.2) is 11.4 Å². The summed E-state index contributed by atoms with van der Waals surface area (Å²) in [7, 11) is 0. The number of rotatable bonds is 6. The van der Waals surface area contributed by atoms with Crippen molar-refractivity contribution in [2.75, 3.05) is 32.8 Å². The zero-order valence-corrected chi connectivity index (χ0v) is 12.7. The number of ether oxygens (including phenoxy) is 1. The summed E-state index contributed by atoms with van der Waals surface area (Å²) in [5.74, 6) is 0. The first-order valence-corrected chi connectivity index (χ1v) is 7.62. The lowest BCUT2D eigenvalue weighted by Crippen LogP contribution is -2.54. The molecule has 1 fully saturated rings. The Labute approximate surface area is 122 Å². The van der Waals surface area contributed by atoms with Gasteiger partial charge >= 0.3 is 5.00 Å². The highest BCUT2D eigenvalue weighted by Crippen LogP contribution is 2.22. The summed E-state index contributed by atoms with van der Waals surface area (Å²) in [5.41, 5.74) is 1.03. The van der Waals surface area contributed by atoms with E-state index in [1.165, 1.54) is 11.3 Å². The zero-order valence-electron chi connectivity index (χ0n) is 11.9. The van der Waals surface area contributed by atoms with Gasteiger partial charge in [-0.05, 0) is 19.4 Å². The predicted molar refractivity (Wildman–Crippen MR) is 79.2 cm³/mol. The van der Waals surface area contributed by atoms with Crippen LogP contribution in [0.3, 0.4) is 0 Å². The van der Waals surface area contributed by atoms with E-state index in [1.807, 2.05) is 5.38 Å². The molecular weight excluding hydrogens is 278 g/mol. The molecule has 7 heteroatoms. The average molecular weight is 299 g/mol. The third-order valence-corrected chi connectivity index (χ3v) is 4.50. The van der Waals surface area contributed by atoms with Crippen molar-refractivity contribution in [2.45, 2.75) is 25.9 Å². The lowest BCUT2D eigenvalue weighted by atomic mass is 10.0. The maximum Gasteiger partial charge on any atom is 0.324 e. The van der Waals surface area contributed by atoms with Crippen LogP contribution in [0.4, 0.5) is 5.00 Å². The lowest BCUT2D eigenvalue weighted by molar-refractivity contribution is -0.380. The molecule has 0 saturated carbocycles. The van der Waals surface area contributed by atoms with E-state index in [4.69, 9.17) is 4.74 Å². The minimum absolute atomic E-state index is 0.0612. The van der Waals surface area contributed by atoms with Crippen LogP contribution in [0, 0.1) is 10.1 Å². The van der Waals surface area contributed by atoms with Gasteiger partial charge in [-0.2, -0.15) is 0 Å². The molecule has 1 aliphatic rings. The van der Waals surface area contributed by atoms with Crippen molar-refractivity contribution >= 4 is 16.3 Å². The minimum atomic E-state index is -0.341. The van der Waals surface area contributed by atoms with Gasteiger partial charge in [0, 0.05) is 43.2 Å². The Balaban J connectivity index is 1.80. The molecule has 1 aliphatic heterocycles. The molecule has 0 radical (unpaired) electrons. The number of hydrogen-bond acceptors (Lipinski definition) is 6. The second-order valence-electron chi connectivity index (χ2n) is 5.57. The Morgan fingerprint density at radius 1 is 1.50 bits per heavy atom. The van der Waals surface area contributed by atoms with Gasteiger partial charge in [0.2, 0.25) is 0 Å². The molecule has 2 heterocycles. The topological polar surface area (TPSA) is 67.6 Å². The minimum Gasteiger partial charge on any atom is -0.379 e. The van der Waals surface area contributed by atoms with Crippen LogP contribution in [0.5, 0.6) is 0 Å². The predicted octanol–water partition coefficient (Wildman–Crippen LogP) is 1.86. The van der Waals surface area contributed by atoms with E-state index in [0.29, 0.717) is 6.54 Å². The van der Waals surface area contributed by atoms with E-state index >= 15 is 0 Å². The molecule has 0 bridgehead atoms. The molecule has 0 aliphatic carbocycles. The van der Waals surface area contributed by atoms with Gasteiger partial charge in [-0.25, -0.2) is 0 Å². The molecule has 1 saturated heterocycles. The van der Waals surface area contributed by atoms with Crippen molar-refractivity contribution in [3.8, 4) is 0 Å². The van der Waals surface area contributed by atoms with Gasteiger partial charge in [-0.15, -0.1) is 0 Å². The third kappa shape index (κ3) is 3.99. The summed E-state index contributed by atoms with van der Waals surface area (Å²) in [6.45, 7) is 9.43. The molecule has 1 aromatic rings. The van der Waals surface area contributed by atoms with E-state index in [9.17, 15) is 10.1 Å². The van der Waals surface area contributed by atoms with E-state index < -0.39 is 0 Å². The van der Waals surface area contributed by atoms with Gasteiger partial charge in [0.15, 0.2) is 0 Å². The van der Waals surface area contributed by atoms with Gasteiger partial charge < -0.3 is 10.1 Å². The monoisotopic (exact) mass is 299 g/mol. The zero-order chi connectivity index (χ0) is 14.6. The first-order valence-electron chi connectivity index (χ1n) is 6.74. The number of morpholine rings is 1. The Bertz CT molecular complexity index is 455. The van der Waals surface area contributed by atoms with Gasteiger partial charge in [0.1, 0.15) is 0 Å². The lowest BCUT2D eigenvalue weighted by Gasteiger charge is -2.41. The van der Waals surface area contributed by atoms with Crippen LogP contribution in [0.25, 0.3) is 0 Å². The van der Waals surface area contributed by atoms with Crippen LogP contribution >= 0.6 is 11.3 Å². The number of nitrogens with zero attached hydrogens (tertiary/aromatic N) is 2. The second-order valence-corrected chi connectivity index (χ2v) is 6.46. The molecule has 6 nitrogen and oxygen atoms in total. The maximum absolute atomic E-state index is 10.6. The highest BCUT2D eigenvalue weighted by atomic mass is 32.1. The maximum atomic E-state index is 10.6. The Hall–Kier alpha value is -1.02. The number of nitro groups is 1. The van der Waals surface area contributed by atoms with Gasteiger partial charge in [0.05, 0.1) is 18.1 Å². The van der Waals surface area contributed by atoms with Gasteiger partial charge in [-0.3, -0.25) is 15.0 Å². The SMILES string of the molecule is CC(C)(CNCc1csc([N+](=O)[O-])c1)N1CCOCC1. The van der Waals surface area contributed by atoms with Crippen molar-refractivity contribution in [3.63, 3.8) is 0 Å². The molecule has 0 amide bonds. The van der Waals surface area contributed by atoms with Crippen molar-refractivity contribution in [1.82, 2.24) is 10.2 Å². The fourth-order valence-electron chi connectivity index (χ4n) is 2.34. The standard InChI is InChI=1S/C13H21N3O3S/c1-13(2,15-3-5-19-6-4-15)10-14-8-11-7-12(16(17)18)20-9-11/h7,9,14H,3-6,8,10H2,1-2H3. The molecular formula is C13H21N3O3S. The summed E-state index contributed by atoms with van der Waals surface area (Å²) in [5, 5.41) is 16.1. The van der Waals surface area contributed by atoms with E-state index in [0.717, 1.165) is 38.4 Å². The fourth-order valence-corrected chi connectivity index (χ4v) is 3.07. The summed E-state index contributed by atoms with van der Waals surface area (Å²) in [6.07, 6.45) is 0. The van der Waals surface area contributed by atoms with E-state index in [2.05, 4.69) is 24.1 Å². The normalized spacial score (nSPS) is 17.3. The Morgan fingerprint density at radius 2 is 2.20 bits per heavy atom. The van der Waals surface area contributed by atoms with Crippen LogP contribution < -0.4 is 5.32 Å². The quantitative estimate of drug-likeness (QED) is 0.641. The Kier molecular flexibility index (Phi) is 5.09. The van der Waals surface area contributed by atoms with Crippen molar-refractivity contribution < 1.29 is 9.66 Å². The second kappa shape index (κ2) is 6.62. The van der Waals surface area contributed by atoms with Crippen LogP contribution in [0.1, 0.15) is 19.4 Å². The van der Waals surface area contributed by atoms with Crippen molar-refractivity contribution in [1.29, 1.82) is 0 Å². The molecule has 2 rings (SSSR count). The smallest absolute Gasteiger partial charge is 0.324 e. The summed E-state index contributed by atoms with van der Waals surface area (Å²) >= 11 is 1.18. The molecule has 0 spiro atoms. The summed E-state index contributed by atoms with van der Waals surface area (Å²) in [4.78, 5) is 12.7. The van der Waals surface area contributed by atoms with Crippen molar-refractivity contribution in [2.24, 2.45) is 0 Å². The fraction of sp³-hybridized carbons (Fsp3) is 0.692. The molecule has 1 N–H and O–H groups in total. The molecule has 0 aromatic carbocycles. The van der Waals surface area contributed by atoms with E-state index in [-0.39, 0.29) is 15.5 Å². The average Bonchev–Trinajstić information content (AvgIpc) is 2.89. The van der Waals surface area contributed by atoms with Crippen molar-refractivity contribution in [3.05, 3.63) is 27.1 Å². The molecule has 112 valence electrons. The van der Waals surface area contributed by atoms with Crippen LogP contribution in [-0.2, 0) is 11.3 Å². The summed E-state index contributed by atoms with van der Waals surface area (Å²) < 4.78 is 5.37. The number of thiophene rings is 1. The number of nitrogens with one attached hydrogen (secondary N) is 1. The highest BCUT2D eigenvalue weighted by Gasteiger charge is 2.27. The first-order chi connectivity index (χ1) is 9.49. The largest absolute Gasteiger partial charge is 0.379 e. The van der Waals surface area contributed by atoms with Gasteiger partial charge in [0.25, 0.3) is 0 Å². The Morgan fingerprint density at radius 3 is 2.80 bits per heavy atom. The summed E-state index contributed by atoms with van der Waals surface area (Å²) in [6, 6.07) is 1.64. The van der Waals surface area contributed by atoms with Crippen LogP contribution in [-0.4, -0.2) is 48.2 Å². The highest BCUT2D eigenvalue weighted by molar-refractivity contribution is 7.13. The third-order valence-electron chi connectivity index (χ3n) is 3.57. The molecule has 0 atom stereocenters. The molecule has 20 heavy (non-hydrogen) atoms. The first kappa shape index (κ1) is 15.4. The number of hydrogen-bond donors (Lipinski definition) is 1. The van der Waals surface area contributed by atoms with Gasteiger partial charge in [-0.1, -0.05) is 11.3 Å². The van der Waals surface area contributed by atoms with E-state index in [1.54, 1.807) is 6.07 Å². The molecule has 1 aromatic heterocycles.